The molecule has 0 spiro atoms. The summed E-state index contributed by atoms with van der Waals surface area (Å²) in [5, 5.41) is 0. The third-order valence-corrected chi connectivity index (χ3v) is 13.0. The molecule has 302 valence electrons. The Morgan fingerprint density at radius 2 is 0.562 bits per heavy atom. The van der Waals surface area contributed by atoms with E-state index in [-0.39, 0.29) is 12.1 Å². The van der Waals surface area contributed by atoms with Crippen LogP contribution in [-0.4, -0.2) is 0 Å². The maximum absolute atomic E-state index is 2.39. The van der Waals surface area contributed by atoms with Crippen LogP contribution in [0.1, 0.15) is 34.3 Å². The van der Waals surface area contributed by atoms with Crippen LogP contribution < -0.4 is 18.9 Å². The molecule has 2 aliphatic rings. The van der Waals surface area contributed by atoms with E-state index in [2.05, 4.69) is 274 Å². The lowest BCUT2D eigenvalue weighted by atomic mass is 10.0. The van der Waals surface area contributed by atoms with Gasteiger partial charge in [-0.15, -0.1) is 0 Å². The number of fused-ring (bicyclic) bond motifs is 6. The van der Waals surface area contributed by atoms with Crippen molar-refractivity contribution in [1.82, 2.24) is 0 Å². The zero-order chi connectivity index (χ0) is 42.4. The lowest BCUT2D eigenvalue weighted by molar-refractivity contribution is -0.704. The molecule has 4 nitrogen and oxygen atoms in total. The Morgan fingerprint density at radius 3 is 0.969 bits per heavy atom. The van der Waals surface area contributed by atoms with Gasteiger partial charge in [0.25, 0.3) is 0 Å². The van der Waals surface area contributed by atoms with Gasteiger partial charge in [-0.3, -0.25) is 0 Å². The lowest BCUT2D eigenvalue weighted by Crippen LogP contribution is -2.38. The highest BCUT2D eigenvalue weighted by Crippen LogP contribution is 2.48. The first-order chi connectivity index (χ1) is 31.8. The predicted molar refractivity (Wildman–Crippen MR) is 260 cm³/mol. The third-order valence-electron chi connectivity index (χ3n) is 13.0. The quantitative estimate of drug-likeness (QED) is 0.135. The van der Waals surface area contributed by atoms with E-state index in [0.717, 1.165) is 45.3 Å². The molecule has 10 aromatic rings. The molecule has 0 radical (unpaired) electrons. The van der Waals surface area contributed by atoms with E-state index in [4.69, 9.17) is 0 Å². The van der Waals surface area contributed by atoms with Crippen molar-refractivity contribution in [3.63, 3.8) is 0 Å². The number of aromatic nitrogens is 2. The number of hydrogen-bond acceptors (Lipinski definition) is 2. The molecule has 0 amide bonds. The fourth-order valence-electron chi connectivity index (χ4n) is 10.1. The Bertz CT molecular complexity index is 3040. The van der Waals surface area contributed by atoms with Crippen LogP contribution in [0.3, 0.4) is 0 Å². The Balaban J connectivity index is 0.884. The summed E-state index contributed by atoms with van der Waals surface area (Å²) < 4.78 is 4.65. The van der Waals surface area contributed by atoms with E-state index in [0.29, 0.717) is 0 Å². The van der Waals surface area contributed by atoms with Crippen molar-refractivity contribution in [2.24, 2.45) is 0 Å². The Kier molecular flexibility index (Phi) is 9.27. The van der Waals surface area contributed by atoms with Gasteiger partial charge in [-0.25, -0.2) is 0 Å². The second-order valence-electron chi connectivity index (χ2n) is 16.6. The van der Waals surface area contributed by atoms with Crippen molar-refractivity contribution in [3.05, 3.63) is 278 Å². The molecule has 12 rings (SSSR count). The summed E-state index contributed by atoms with van der Waals surface area (Å²) in [6.45, 7) is 0. The van der Waals surface area contributed by atoms with Gasteiger partial charge in [0.15, 0.2) is 24.8 Å². The van der Waals surface area contributed by atoms with Gasteiger partial charge in [-0.05, 0) is 106 Å². The van der Waals surface area contributed by atoms with Gasteiger partial charge in [0.1, 0.15) is 0 Å². The van der Waals surface area contributed by atoms with Crippen LogP contribution in [0, 0.1) is 0 Å². The van der Waals surface area contributed by atoms with Crippen LogP contribution in [0.15, 0.2) is 255 Å². The summed E-state index contributed by atoms with van der Waals surface area (Å²) in [6, 6.07) is 83.8. The molecule has 0 fully saturated rings. The fourth-order valence-corrected chi connectivity index (χ4v) is 10.1. The van der Waals surface area contributed by atoms with Crippen LogP contribution in [0.2, 0.25) is 0 Å². The van der Waals surface area contributed by atoms with Gasteiger partial charge in [0.2, 0.25) is 12.1 Å². The third kappa shape index (κ3) is 6.47. The Hall–Kier alpha value is -8.34. The molecule has 0 N–H and O–H groups in total. The van der Waals surface area contributed by atoms with Gasteiger partial charge in [-0.1, -0.05) is 133 Å². The number of benzene rings is 8. The van der Waals surface area contributed by atoms with Crippen molar-refractivity contribution in [2.75, 3.05) is 9.80 Å². The lowest BCUT2D eigenvalue weighted by Gasteiger charge is -2.27. The van der Waals surface area contributed by atoms with Gasteiger partial charge >= 0.3 is 0 Å². The highest BCUT2D eigenvalue weighted by atomic mass is 15.1. The number of anilines is 6. The Labute approximate surface area is 374 Å². The maximum Gasteiger partial charge on any atom is 0.210 e. The second kappa shape index (κ2) is 15.8. The summed E-state index contributed by atoms with van der Waals surface area (Å²) in [6.07, 6.45) is 8.70. The van der Waals surface area contributed by atoms with E-state index in [1.54, 1.807) is 0 Å². The van der Waals surface area contributed by atoms with E-state index >= 15 is 0 Å². The summed E-state index contributed by atoms with van der Waals surface area (Å²) in [4.78, 5) is 4.74. The molecule has 4 heteroatoms. The van der Waals surface area contributed by atoms with Gasteiger partial charge in [-0.2, -0.15) is 9.13 Å². The highest BCUT2D eigenvalue weighted by molar-refractivity contribution is 5.86. The first-order valence-electron chi connectivity index (χ1n) is 22.1. The summed E-state index contributed by atoms with van der Waals surface area (Å²) in [5.74, 6) is 0. The zero-order valence-electron chi connectivity index (χ0n) is 35.2. The monoisotopic (exact) mass is 820 g/mol. The van der Waals surface area contributed by atoms with Crippen molar-refractivity contribution >= 4 is 34.1 Å². The van der Waals surface area contributed by atoms with Crippen molar-refractivity contribution in [1.29, 1.82) is 0 Å². The average molecular weight is 821 g/mol. The average Bonchev–Trinajstić information content (AvgIpc) is 3.88. The molecule has 2 heterocycles. The number of rotatable bonds is 9. The molecule has 2 unspecified atom stereocenters. The molecule has 2 atom stereocenters. The normalized spacial score (nSPS) is 14.2. The van der Waals surface area contributed by atoms with Crippen molar-refractivity contribution in [2.45, 2.75) is 12.1 Å². The fraction of sp³-hybridized carbons (Fsp3) is 0.0333. The van der Waals surface area contributed by atoms with E-state index < -0.39 is 0 Å². The first-order valence-corrected chi connectivity index (χ1v) is 22.1. The minimum Gasteiger partial charge on any atom is -0.310 e. The topological polar surface area (TPSA) is 14.2 Å². The standard InChI is InChI=1S/C60H44N4/c1-5-17-45(18-6-1)63(49-33-35-53-51-21-9-11-23-55(51)59(57(53)41-49)61-37-13-3-14-38-61)47-29-25-43(26-30-47)44-27-31-48(32-28-44)64(46-19-7-2-8-20-46)50-34-36-54-52-22-10-12-24-56(52)60(58(54)42-50)62-39-15-4-16-40-62/h1-42,59-60H/q+2. The minimum atomic E-state index is 0.0955. The molecular formula is C60H44N4+2. The molecule has 0 saturated heterocycles. The number of para-hydroxylation sites is 2. The van der Waals surface area contributed by atoms with Gasteiger partial charge in [0.05, 0.1) is 0 Å². The number of nitrogens with zero attached hydrogens (tertiary/aromatic N) is 4. The SMILES string of the molecule is c1ccc(N(c2ccc(-c3ccc(N(c4ccccc4)c4ccc5c(c4)C([n+]4ccccc4)c4ccccc4-5)cc3)cc2)c2ccc3c(c2)C([n+]2ccccc2)c2ccccc2-3)cc1. The molecule has 64 heavy (non-hydrogen) atoms. The molecule has 0 saturated carbocycles. The van der Waals surface area contributed by atoms with E-state index in [1.807, 2.05) is 0 Å². The molecular weight excluding hydrogens is 777 g/mol. The molecule has 2 aromatic heterocycles. The van der Waals surface area contributed by atoms with Crippen LogP contribution in [-0.2, 0) is 0 Å². The smallest absolute Gasteiger partial charge is 0.210 e. The van der Waals surface area contributed by atoms with E-state index in [9.17, 15) is 0 Å². The van der Waals surface area contributed by atoms with Crippen molar-refractivity contribution < 1.29 is 9.13 Å². The van der Waals surface area contributed by atoms with Crippen LogP contribution in [0.4, 0.5) is 34.1 Å². The first kappa shape index (κ1) is 37.4. The van der Waals surface area contributed by atoms with E-state index in [1.165, 1.54) is 44.5 Å². The zero-order valence-corrected chi connectivity index (χ0v) is 35.2. The minimum absolute atomic E-state index is 0.0955. The molecule has 0 bridgehead atoms. The number of pyridine rings is 2. The van der Waals surface area contributed by atoms with Crippen LogP contribution in [0.25, 0.3) is 33.4 Å². The number of hydrogen-bond donors (Lipinski definition) is 0. The van der Waals surface area contributed by atoms with Gasteiger partial charge < -0.3 is 9.80 Å². The van der Waals surface area contributed by atoms with Gasteiger partial charge in [0, 0.05) is 80.6 Å². The predicted octanol–water partition coefficient (Wildman–Crippen LogP) is 14.1. The summed E-state index contributed by atoms with van der Waals surface area (Å²) >= 11 is 0. The van der Waals surface area contributed by atoms with Crippen molar-refractivity contribution in [3.8, 4) is 33.4 Å². The maximum atomic E-state index is 2.39. The summed E-state index contributed by atoms with van der Waals surface area (Å²) in [7, 11) is 0. The summed E-state index contributed by atoms with van der Waals surface area (Å²) in [5.41, 5.74) is 19.5. The van der Waals surface area contributed by atoms with Crippen LogP contribution >= 0.6 is 0 Å². The largest absolute Gasteiger partial charge is 0.310 e. The highest BCUT2D eigenvalue weighted by Gasteiger charge is 2.37. The molecule has 8 aromatic carbocycles. The molecule has 2 aliphatic carbocycles. The second-order valence-corrected chi connectivity index (χ2v) is 16.6. The van der Waals surface area contributed by atoms with Crippen LogP contribution in [0.5, 0.6) is 0 Å². The molecule has 0 aliphatic heterocycles. The Morgan fingerprint density at radius 1 is 0.250 bits per heavy atom.